The van der Waals surface area contributed by atoms with Crippen LogP contribution >= 0.6 is 0 Å². The lowest BCUT2D eigenvalue weighted by molar-refractivity contribution is 0.100. The molecular weight excluding hydrogens is 154 g/mol. The lowest BCUT2D eigenvalue weighted by Gasteiger charge is -2.06. The number of hydrogen-bond donors (Lipinski definition) is 0. The molecule has 0 spiro atoms. The molecule has 1 aliphatic heterocycles. The van der Waals surface area contributed by atoms with Crippen molar-refractivity contribution in [1.29, 1.82) is 0 Å². The molecule has 1 aromatic rings. The van der Waals surface area contributed by atoms with Crippen LogP contribution in [0.25, 0.3) is 0 Å². The summed E-state index contributed by atoms with van der Waals surface area (Å²) < 4.78 is 0. The van der Waals surface area contributed by atoms with E-state index in [9.17, 15) is 4.79 Å². The Morgan fingerprint density at radius 1 is 1.50 bits per heavy atom. The first-order valence-electron chi connectivity index (χ1n) is 3.67. The van der Waals surface area contributed by atoms with Crippen LogP contribution in [0.15, 0.2) is 11.2 Å². The van der Waals surface area contributed by atoms with Crippen LogP contribution in [0.1, 0.15) is 22.6 Å². The number of nitrogens with zero attached hydrogens (tertiary/aromatic N) is 3. The molecule has 0 amide bonds. The van der Waals surface area contributed by atoms with Crippen molar-refractivity contribution in [3.63, 3.8) is 0 Å². The second kappa shape index (κ2) is 2.48. The Labute approximate surface area is 69.4 Å². The van der Waals surface area contributed by atoms with E-state index in [-0.39, 0.29) is 5.78 Å². The molecule has 0 aliphatic carbocycles. The van der Waals surface area contributed by atoms with Crippen LogP contribution in [-0.4, -0.2) is 22.0 Å². The maximum Gasteiger partial charge on any atom is 0.173 e. The van der Waals surface area contributed by atoms with Crippen molar-refractivity contribution in [3.8, 4) is 0 Å². The monoisotopic (exact) mass is 161 g/mol. The Kier molecular flexibility index (Phi) is 1.46. The number of carbonyl (C=O) groups is 1. The predicted octanol–water partition coefficient (Wildman–Crippen LogP) is 1.07. The minimum atomic E-state index is 0.0417. The maximum atomic E-state index is 11.2. The lowest BCUT2D eigenvalue weighted by atomic mass is 10.1. The van der Waals surface area contributed by atoms with Crippen molar-refractivity contribution in [1.82, 2.24) is 9.97 Å². The molecule has 0 unspecified atom stereocenters. The summed E-state index contributed by atoms with van der Waals surface area (Å²) in [6.07, 6.45) is 3.48. The van der Waals surface area contributed by atoms with Gasteiger partial charge < -0.3 is 0 Å². The second-order valence-corrected chi connectivity index (χ2v) is 2.59. The van der Waals surface area contributed by atoms with Crippen molar-refractivity contribution in [2.45, 2.75) is 13.3 Å². The topological polar surface area (TPSA) is 55.2 Å². The van der Waals surface area contributed by atoms with Crippen molar-refractivity contribution in [2.75, 3.05) is 0 Å². The third-order valence-corrected chi connectivity index (χ3v) is 1.68. The molecule has 0 bridgehead atoms. The fourth-order valence-electron chi connectivity index (χ4n) is 1.08. The molecule has 0 N–H and O–H groups in total. The van der Waals surface area contributed by atoms with Crippen LogP contribution in [0.3, 0.4) is 0 Å². The van der Waals surface area contributed by atoms with E-state index in [0.29, 0.717) is 23.6 Å². The first-order chi connectivity index (χ1) is 5.77. The van der Waals surface area contributed by atoms with Crippen LogP contribution in [0.4, 0.5) is 5.82 Å². The Morgan fingerprint density at radius 2 is 2.33 bits per heavy atom. The van der Waals surface area contributed by atoms with Gasteiger partial charge in [0.1, 0.15) is 5.82 Å². The fraction of sp³-hybridized carbons (Fsp3) is 0.250. The van der Waals surface area contributed by atoms with Crippen LogP contribution in [-0.2, 0) is 0 Å². The first kappa shape index (κ1) is 7.09. The molecule has 12 heavy (non-hydrogen) atoms. The van der Waals surface area contributed by atoms with Crippen molar-refractivity contribution < 1.29 is 4.79 Å². The highest BCUT2D eigenvalue weighted by Gasteiger charge is 2.15. The highest BCUT2D eigenvalue weighted by Crippen LogP contribution is 2.19. The number of rotatable bonds is 0. The molecule has 2 heterocycles. The van der Waals surface area contributed by atoms with Gasteiger partial charge in [-0.25, -0.2) is 15.0 Å². The van der Waals surface area contributed by atoms with E-state index in [2.05, 4.69) is 15.0 Å². The molecule has 0 radical (unpaired) electrons. The third-order valence-electron chi connectivity index (χ3n) is 1.68. The fourth-order valence-corrected chi connectivity index (χ4v) is 1.08. The maximum absolute atomic E-state index is 11.2. The molecule has 1 aliphatic rings. The standard InChI is InChI=1S/C8H7N3O/c1-5-10-4-6-7(12)2-3-9-8(6)11-5/h3-4H,2H2,1H3. The van der Waals surface area contributed by atoms with Gasteiger partial charge in [0.25, 0.3) is 0 Å². The second-order valence-electron chi connectivity index (χ2n) is 2.59. The van der Waals surface area contributed by atoms with E-state index in [0.717, 1.165) is 0 Å². The van der Waals surface area contributed by atoms with Gasteiger partial charge in [0.15, 0.2) is 11.6 Å². The number of aryl methyl sites for hydroxylation is 1. The predicted molar refractivity (Wildman–Crippen MR) is 43.9 cm³/mol. The van der Waals surface area contributed by atoms with Crippen LogP contribution in [0.2, 0.25) is 0 Å². The molecule has 60 valence electrons. The SMILES string of the molecule is Cc1ncc2c(n1)N=CCC2=O. The Morgan fingerprint density at radius 3 is 3.17 bits per heavy atom. The van der Waals surface area contributed by atoms with Crippen LogP contribution in [0, 0.1) is 6.92 Å². The van der Waals surface area contributed by atoms with Gasteiger partial charge in [0.05, 0.1) is 5.56 Å². The zero-order valence-electron chi connectivity index (χ0n) is 6.61. The molecule has 1 aromatic heterocycles. The number of aliphatic imine (C=N–C) groups is 1. The summed E-state index contributed by atoms with van der Waals surface area (Å²) in [5.74, 6) is 1.18. The summed E-state index contributed by atoms with van der Waals surface area (Å²) in [7, 11) is 0. The summed E-state index contributed by atoms with van der Waals surface area (Å²) in [5, 5.41) is 0. The van der Waals surface area contributed by atoms with Gasteiger partial charge in [-0.15, -0.1) is 0 Å². The van der Waals surface area contributed by atoms with Gasteiger partial charge in [-0.1, -0.05) is 0 Å². The van der Waals surface area contributed by atoms with Crippen molar-refractivity contribution in [2.24, 2.45) is 4.99 Å². The van der Waals surface area contributed by atoms with Gasteiger partial charge in [-0.2, -0.15) is 0 Å². The van der Waals surface area contributed by atoms with E-state index in [1.807, 2.05) is 0 Å². The molecule has 2 rings (SSSR count). The first-order valence-corrected chi connectivity index (χ1v) is 3.67. The largest absolute Gasteiger partial charge is 0.294 e. The molecule has 0 atom stereocenters. The van der Waals surface area contributed by atoms with E-state index < -0.39 is 0 Å². The van der Waals surface area contributed by atoms with E-state index in [4.69, 9.17) is 0 Å². The average Bonchev–Trinajstić information content (AvgIpc) is 2.04. The van der Waals surface area contributed by atoms with Crippen LogP contribution in [0.5, 0.6) is 0 Å². The van der Waals surface area contributed by atoms with Crippen LogP contribution < -0.4 is 0 Å². The minimum Gasteiger partial charge on any atom is -0.294 e. The van der Waals surface area contributed by atoms with Gasteiger partial charge >= 0.3 is 0 Å². The van der Waals surface area contributed by atoms with E-state index in [1.165, 1.54) is 6.20 Å². The van der Waals surface area contributed by atoms with Gasteiger partial charge in [0, 0.05) is 18.8 Å². The highest BCUT2D eigenvalue weighted by molar-refractivity contribution is 6.09. The number of aromatic nitrogens is 2. The Bertz CT molecular complexity index is 371. The summed E-state index contributed by atoms with van der Waals surface area (Å²) >= 11 is 0. The number of Topliss-reactive ketones (excluding diaryl/α,β-unsaturated/α-hetero) is 1. The quantitative estimate of drug-likeness (QED) is 0.572. The van der Waals surface area contributed by atoms with E-state index >= 15 is 0 Å². The van der Waals surface area contributed by atoms with Gasteiger partial charge in [-0.05, 0) is 6.92 Å². The van der Waals surface area contributed by atoms with Crippen molar-refractivity contribution in [3.05, 3.63) is 17.6 Å². The zero-order chi connectivity index (χ0) is 8.55. The number of carbonyl (C=O) groups excluding carboxylic acids is 1. The summed E-state index contributed by atoms with van der Waals surface area (Å²) in [6.45, 7) is 1.77. The normalized spacial score (nSPS) is 14.6. The number of ketones is 1. The average molecular weight is 161 g/mol. The molecule has 0 saturated carbocycles. The molecular formula is C8H7N3O. The molecule has 0 aromatic carbocycles. The number of hydrogen-bond acceptors (Lipinski definition) is 4. The van der Waals surface area contributed by atoms with Gasteiger partial charge in [0.2, 0.25) is 0 Å². The summed E-state index contributed by atoms with van der Waals surface area (Å²) in [5.41, 5.74) is 0.531. The Balaban J connectivity index is 2.62. The van der Waals surface area contributed by atoms with Crippen molar-refractivity contribution >= 4 is 17.8 Å². The molecule has 4 heteroatoms. The molecule has 4 nitrogen and oxygen atoms in total. The third kappa shape index (κ3) is 1.01. The van der Waals surface area contributed by atoms with E-state index in [1.54, 1.807) is 13.1 Å². The Hall–Kier alpha value is -1.58. The highest BCUT2D eigenvalue weighted by atomic mass is 16.1. The number of fused-ring (bicyclic) bond motifs is 1. The molecule has 0 fully saturated rings. The van der Waals surface area contributed by atoms with Gasteiger partial charge in [-0.3, -0.25) is 4.79 Å². The molecule has 0 saturated heterocycles. The lowest BCUT2D eigenvalue weighted by Crippen LogP contribution is -2.07. The zero-order valence-corrected chi connectivity index (χ0v) is 6.61. The minimum absolute atomic E-state index is 0.0417. The summed E-state index contributed by atoms with van der Waals surface area (Å²) in [4.78, 5) is 23.2. The summed E-state index contributed by atoms with van der Waals surface area (Å²) in [6, 6.07) is 0. The smallest absolute Gasteiger partial charge is 0.173 e.